The molecule has 0 bridgehead atoms. The molecular weight excluding hydrogens is 194 g/mol. The number of carbonyl (C=O) groups excluding carboxylic acids is 1. The van der Waals surface area contributed by atoms with Crippen LogP contribution in [0.15, 0.2) is 24.7 Å². The number of hydrogen-bond donors (Lipinski definition) is 4. The lowest BCUT2D eigenvalue weighted by Crippen LogP contribution is -2.22. The average Bonchev–Trinajstić information content (AvgIpc) is 2.84. The molecule has 0 fully saturated rings. The van der Waals surface area contributed by atoms with Crippen molar-refractivity contribution < 1.29 is 4.79 Å². The maximum atomic E-state index is 11.5. The van der Waals surface area contributed by atoms with Crippen LogP contribution in [-0.2, 0) is 6.54 Å². The van der Waals surface area contributed by atoms with Gasteiger partial charge < -0.3 is 16.0 Å². The van der Waals surface area contributed by atoms with Gasteiger partial charge in [0.05, 0.1) is 6.20 Å². The van der Waals surface area contributed by atoms with E-state index in [0.717, 1.165) is 5.56 Å². The summed E-state index contributed by atoms with van der Waals surface area (Å²) >= 11 is 0. The molecule has 0 spiro atoms. The molecule has 0 saturated heterocycles. The van der Waals surface area contributed by atoms with Crippen LogP contribution in [-0.4, -0.2) is 21.1 Å². The summed E-state index contributed by atoms with van der Waals surface area (Å²) in [6.07, 6.45) is 4.96. The lowest BCUT2D eigenvalue weighted by atomic mass is 10.3. The summed E-state index contributed by atoms with van der Waals surface area (Å²) in [6, 6.07) is 1.59. The summed E-state index contributed by atoms with van der Waals surface area (Å²) in [4.78, 5) is 14.3. The highest BCUT2D eigenvalue weighted by Gasteiger charge is 2.06. The number of amides is 1. The molecule has 1 amide bonds. The smallest absolute Gasteiger partial charge is 0.268 e. The third-order valence-electron chi connectivity index (χ3n) is 1.96. The van der Waals surface area contributed by atoms with Gasteiger partial charge in [-0.05, 0) is 6.07 Å². The number of nitrogens with one attached hydrogen (secondary N) is 3. The number of nitrogen functional groups attached to an aromatic ring is 1. The molecular formula is C9H11N5O. The number of carbonyl (C=O) groups is 1. The molecule has 15 heavy (non-hydrogen) atoms. The third-order valence-corrected chi connectivity index (χ3v) is 1.96. The van der Waals surface area contributed by atoms with Crippen molar-refractivity contribution in [2.45, 2.75) is 6.54 Å². The highest BCUT2D eigenvalue weighted by Crippen LogP contribution is 2.04. The fraction of sp³-hybridized carbons (Fsp3) is 0.111. The Balaban J connectivity index is 1.93. The zero-order valence-electron chi connectivity index (χ0n) is 7.95. The minimum absolute atomic E-state index is 0.187. The zero-order chi connectivity index (χ0) is 10.7. The van der Waals surface area contributed by atoms with Crippen molar-refractivity contribution in [2.75, 3.05) is 5.73 Å². The van der Waals surface area contributed by atoms with Gasteiger partial charge in [-0.3, -0.25) is 9.89 Å². The first-order chi connectivity index (χ1) is 7.25. The van der Waals surface area contributed by atoms with E-state index in [4.69, 9.17) is 5.73 Å². The van der Waals surface area contributed by atoms with Gasteiger partial charge in [0.25, 0.3) is 5.91 Å². The predicted molar refractivity (Wildman–Crippen MR) is 55.0 cm³/mol. The number of H-pyrrole nitrogens is 2. The molecule has 6 nitrogen and oxygen atoms in total. The fourth-order valence-electron chi connectivity index (χ4n) is 1.19. The zero-order valence-corrected chi connectivity index (χ0v) is 7.95. The lowest BCUT2D eigenvalue weighted by Gasteiger charge is -2.00. The average molecular weight is 205 g/mol. The summed E-state index contributed by atoms with van der Waals surface area (Å²) in [5, 5.41) is 9.17. The Bertz CT molecular complexity index is 445. The Kier molecular flexibility index (Phi) is 2.40. The van der Waals surface area contributed by atoms with Gasteiger partial charge in [0.2, 0.25) is 0 Å². The van der Waals surface area contributed by atoms with Gasteiger partial charge in [0.15, 0.2) is 0 Å². The molecule has 5 N–H and O–H groups in total. The van der Waals surface area contributed by atoms with Crippen LogP contribution in [0, 0.1) is 0 Å². The molecule has 6 heteroatoms. The van der Waals surface area contributed by atoms with Crippen molar-refractivity contribution >= 4 is 11.6 Å². The quantitative estimate of drug-likeness (QED) is 0.578. The summed E-state index contributed by atoms with van der Waals surface area (Å²) < 4.78 is 0. The highest BCUT2D eigenvalue weighted by molar-refractivity contribution is 5.93. The molecule has 2 aromatic rings. The number of anilines is 1. The van der Waals surface area contributed by atoms with Gasteiger partial charge in [-0.2, -0.15) is 5.10 Å². The van der Waals surface area contributed by atoms with Crippen LogP contribution in [0.5, 0.6) is 0 Å². The topological polar surface area (TPSA) is 99.6 Å². The van der Waals surface area contributed by atoms with Crippen molar-refractivity contribution in [1.82, 2.24) is 20.5 Å². The SMILES string of the molecule is Nc1c[nH]c(C(=O)NCc2cn[nH]c2)c1. The monoisotopic (exact) mass is 205 g/mol. The first-order valence-corrected chi connectivity index (χ1v) is 4.45. The number of aromatic nitrogens is 3. The summed E-state index contributed by atoms with van der Waals surface area (Å²) in [7, 11) is 0. The molecule has 0 unspecified atom stereocenters. The Morgan fingerprint density at radius 1 is 1.53 bits per heavy atom. The first kappa shape index (κ1) is 9.32. The van der Waals surface area contributed by atoms with Gasteiger partial charge in [-0.1, -0.05) is 0 Å². The molecule has 0 aliphatic heterocycles. The Hall–Kier alpha value is -2.24. The van der Waals surface area contributed by atoms with Gasteiger partial charge in [-0.25, -0.2) is 0 Å². The Morgan fingerprint density at radius 3 is 3.00 bits per heavy atom. The van der Waals surface area contributed by atoms with Gasteiger partial charge >= 0.3 is 0 Å². The minimum Gasteiger partial charge on any atom is -0.397 e. The van der Waals surface area contributed by atoms with Crippen molar-refractivity contribution in [1.29, 1.82) is 0 Å². The second kappa shape index (κ2) is 3.87. The van der Waals surface area contributed by atoms with E-state index < -0.39 is 0 Å². The molecule has 2 aromatic heterocycles. The summed E-state index contributed by atoms with van der Waals surface area (Å²) in [5.41, 5.74) is 7.40. The molecule has 78 valence electrons. The number of nitrogens with two attached hydrogens (primary N) is 1. The van der Waals surface area contributed by atoms with Gasteiger partial charge in [-0.15, -0.1) is 0 Å². The van der Waals surface area contributed by atoms with Crippen molar-refractivity contribution in [2.24, 2.45) is 0 Å². The van der Waals surface area contributed by atoms with Crippen LogP contribution in [0.2, 0.25) is 0 Å². The fourth-order valence-corrected chi connectivity index (χ4v) is 1.19. The molecule has 0 radical (unpaired) electrons. The minimum atomic E-state index is -0.187. The molecule has 0 aliphatic rings. The maximum Gasteiger partial charge on any atom is 0.268 e. The van der Waals surface area contributed by atoms with Crippen LogP contribution in [0.25, 0.3) is 0 Å². The predicted octanol–water partition coefficient (Wildman–Crippen LogP) is 0.250. The lowest BCUT2D eigenvalue weighted by molar-refractivity contribution is 0.0946. The number of nitrogens with zero attached hydrogens (tertiary/aromatic N) is 1. The highest BCUT2D eigenvalue weighted by atomic mass is 16.1. The van der Waals surface area contributed by atoms with E-state index in [9.17, 15) is 4.79 Å². The normalized spacial score (nSPS) is 10.1. The second-order valence-electron chi connectivity index (χ2n) is 3.14. The number of aromatic amines is 2. The molecule has 0 atom stereocenters. The Morgan fingerprint density at radius 2 is 2.40 bits per heavy atom. The van der Waals surface area contributed by atoms with Gasteiger partial charge in [0.1, 0.15) is 5.69 Å². The molecule has 0 aliphatic carbocycles. The van der Waals surface area contributed by atoms with Crippen LogP contribution < -0.4 is 11.1 Å². The van der Waals surface area contributed by atoms with Crippen molar-refractivity contribution in [3.63, 3.8) is 0 Å². The van der Waals surface area contributed by atoms with Crippen LogP contribution in [0.4, 0.5) is 5.69 Å². The molecule has 2 rings (SSSR count). The van der Waals surface area contributed by atoms with E-state index in [1.807, 2.05) is 0 Å². The summed E-state index contributed by atoms with van der Waals surface area (Å²) in [5.74, 6) is -0.187. The summed E-state index contributed by atoms with van der Waals surface area (Å²) in [6.45, 7) is 0.439. The first-order valence-electron chi connectivity index (χ1n) is 4.45. The second-order valence-corrected chi connectivity index (χ2v) is 3.14. The van der Waals surface area contributed by atoms with E-state index in [0.29, 0.717) is 17.9 Å². The van der Waals surface area contributed by atoms with Crippen LogP contribution in [0.3, 0.4) is 0 Å². The maximum absolute atomic E-state index is 11.5. The van der Waals surface area contributed by atoms with Crippen LogP contribution >= 0.6 is 0 Å². The van der Waals surface area contributed by atoms with E-state index >= 15 is 0 Å². The molecule has 0 saturated carbocycles. The third kappa shape index (κ3) is 2.16. The number of hydrogen-bond acceptors (Lipinski definition) is 3. The standard InChI is InChI=1S/C9H11N5O/c10-7-1-8(11-5-7)9(15)12-2-6-3-13-14-4-6/h1,3-5,11H,2,10H2,(H,12,15)(H,13,14). The largest absolute Gasteiger partial charge is 0.397 e. The van der Waals surface area contributed by atoms with Crippen molar-refractivity contribution in [3.8, 4) is 0 Å². The molecule has 2 heterocycles. The van der Waals surface area contributed by atoms with Crippen molar-refractivity contribution in [3.05, 3.63) is 35.9 Å². The molecule has 0 aromatic carbocycles. The van der Waals surface area contributed by atoms with E-state index in [-0.39, 0.29) is 5.91 Å². The van der Waals surface area contributed by atoms with E-state index in [2.05, 4.69) is 20.5 Å². The van der Waals surface area contributed by atoms with E-state index in [1.54, 1.807) is 24.7 Å². The van der Waals surface area contributed by atoms with E-state index in [1.165, 1.54) is 0 Å². The van der Waals surface area contributed by atoms with Crippen LogP contribution in [0.1, 0.15) is 16.1 Å². The number of rotatable bonds is 3. The van der Waals surface area contributed by atoms with Gasteiger partial charge in [0, 0.05) is 30.2 Å². The Labute approximate surface area is 85.9 Å².